The van der Waals surface area contributed by atoms with Crippen molar-refractivity contribution in [2.45, 2.75) is 40.0 Å². The standard InChI is InChI=1S/C11H20O4.2K/c1-4-6-8(5-2)7(3)9(10(12)13)11(14)15;;/h7-9H,4-6H2,1-3H3,(H,12,13)(H,14,15);;/q;2*+1/p-2. The van der Waals surface area contributed by atoms with Gasteiger partial charge in [-0.3, -0.25) is 0 Å². The topological polar surface area (TPSA) is 80.3 Å². The molecule has 0 fully saturated rings. The van der Waals surface area contributed by atoms with Gasteiger partial charge in [-0.05, 0) is 11.8 Å². The Hall–Kier alpha value is 2.21. The van der Waals surface area contributed by atoms with E-state index in [0.29, 0.717) is 0 Å². The van der Waals surface area contributed by atoms with Gasteiger partial charge in [0.25, 0.3) is 0 Å². The van der Waals surface area contributed by atoms with Crippen molar-refractivity contribution in [3.63, 3.8) is 0 Å². The molecule has 6 heteroatoms. The van der Waals surface area contributed by atoms with Crippen LogP contribution in [-0.4, -0.2) is 11.9 Å². The number of aliphatic carboxylic acids is 2. The molecule has 0 rings (SSSR count). The van der Waals surface area contributed by atoms with Gasteiger partial charge in [-0.25, -0.2) is 0 Å². The summed E-state index contributed by atoms with van der Waals surface area (Å²) >= 11 is 0. The Morgan fingerprint density at radius 2 is 1.47 bits per heavy atom. The van der Waals surface area contributed by atoms with Gasteiger partial charge in [-0.15, -0.1) is 0 Å². The van der Waals surface area contributed by atoms with Crippen LogP contribution < -0.4 is 113 Å². The zero-order valence-corrected chi connectivity index (χ0v) is 17.7. The summed E-state index contributed by atoms with van der Waals surface area (Å²) in [5, 5.41) is 21.4. The maximum Gasteiger partial charge on any atom is 1.00 e. The van der Waals surface area contributed by atoms with Crippen LogP contribution in [0.5, 0.6) is 0 Å². The summed E-state index contributed by atoms with van der Waals surface area (Å²) in [6.07, 6.45) is 2.51. The number of hydrogen-bond acceptors (Lipinski definition) is 4. The molecule has 0 aliphatic heterocycles. The SMILES string of the molecule is CCCC(CC)C(C)C(C(=O)[O-])C(=O)[O-].[K+].[K+]. The summed E-state index contributed by atoms with van der Waals surface area (Å²) in [7, 11) is 0. The average molecular weight is 292 g/mol. The molecular formula is C11H18K2O4. The molecule has 0 amide bonds. The van der Waals surface area contributed by atoms with E-state index < -0.39 is 23.8 Å². The van der Waals surface area contributed by atoms with E-state index >= 15 is 0 Å². The molecule has 2 atom stereocenters. The minimum absolute atomic E-state index is 0. The molecule has 4 nitrogen and oxygen atoms in total. The molecule has 0 N–H and O–H groups in total. The molecule has 0 radical (unpaired) electrons. The minimum Gasteiger partial charge on any atom is -0.549 e. The fraction of sp³-hybridized carbons (Fsp3) is 0.818. The predicted molar refractivity (Wildman–Crippen MR) is 51.4 cm³/mol. The Kier molecular flexibility index (Phi) is 18.8. The second kappa shape index (κ2) is 13.2. The first-order valence-electron chi connectivity index (χ1n) is 5.37. The molecule has 0 aromatic heterocycles. The number of carboxylic acids is 2. The van der Waals surface area contributed by atoms with Crippen LogP contribution in [0.15, 0.2) is 0 Å². The van der Waals surface area contributed by atoms with E-state index in [4.69, 9.17) is 0 Å². The zero-order chi connectivity index (χ0) is 12.0. The Bertz CT molecular complexity index is 220. The minimum atomic E-state index is -1.54. The van der Waals surface area contributed by atoms with Gasteiger partial charge < -0.3 is 19.8 Å². The number of hydrogen-bond donors (Lipinski definition) is 0. The van der Waals surface area contributed by atoms with Crippen LogP contribution in [-0.2, 0) is 9.59 Å². The molecule has 2 unspecified atom stereocenters. The van der Waals surface area contributed by atoms with E-state index in [2.05, 4.69) is 0 Å². The Morgan fingerprint density at radius 1 is 1.06 bits per heavy atom. The fourth-order valence-corrected chi connectivity index (χ4v) is 2.01. The summed E-state index contributed by atoms with van der Waals surface area (Å²) in [5.74, 6) is -4.93. The van der Waals surface area contributed by atoms with Crippen molar-refractivity contribution in [3.8, 4) is 0 Å². The van der Waals surface area contributed by atoms with Gasteiger partial charge in [0.1, 0.15) is 0 Å². The Labute approximate surface area is 188 Å². The van der Waals surface area contributed by atoms with Crippen molar-refractivity contribution >= 4 is 11.9 Å². The fourth-order valence-electron chi connectivity index (χ4n) is 2.01. The number of carbonyl (C=O) groups excluding carboxylic acids is 2. The quantitative estimate of drug-likeness (QED) is 0.345. The summed E-state index contributed by atoms with van der Waals surface area (Å²) in [4.78, 5) is 21.4. The second-order valence-electron chi connectivity index (χ2n) is 3.93. The van der Waals surface area contributed by atoms with Crippen LogP contribution in [0.1, 0.15) is 40.0 Å². The predicted octanol–water partition coefficient (Wildman–Crippen LogP) is -6.43. The van der Waals surface area contributed by atoms with Gasteiger partial charge in [0.15, 0.2) is 0 Å². The monoisotopic (exact) mass is 292 g/mol. The average Bonchev–Trinajstić information content (AvgIpc) is 2.12. The van der Waals surface area contributed by atoms with Crippen LogP contribution in [0, 0.1) is 17.8 Å². The number of carboxylic acid groups (broad SMARTS) is 2. The van der Waals surface area contributed by atoms with Crippen molar-refractivity contribution in [2.75, 3.05) is 0 Å². The van der Waals surface area contributed by atoms with Crippen molar-refractivity contribution in [1.82, 2.24) is 0 Å². The van der Waals surface area contributed by atoms with Gasteiger partial charge in [-0.1, -0.05) is 40.0 Å². The summed E-state index contributed by atoms with van der Waals surface area (Å²) in [6, 6.07) is 0. The first-order chi connectivity index (χ1) is 6.95. The zero-order valence-electron chi connectivity index (χ0n) is 11.5. The largest absolute Gasteiger partial charge is 1.00 e. The van der Waals surface area contributed by atoms with Crippen LogP contribution in [0.25, 0.3) is 0 Å². The maximum absolute atomic E-state index is 10.7. The molecule has 0 aromatic carbocycles. The van der Waals surface area contributed by atoms with E-state index in [-0.39, 0.29) is 109 Å². The third-order valence-corrected chi connectivity index (χ3v) is 2.96. The molecule has 0 saturated heterocycles. The third-order valence-electron chi connectivity index (χ3n) is 2.96. The molecule has 17 heavy (non-hydrogen) atoms. The van der Waals surface area contributed by atoms with Crippen LogP contribution in [0.2, 0.25) is 0 Å². The molecule has 0 spiro atoms. The van der Waals surface area contributed by atoms with Crippen molar-refractivity contribution in [3.05, 3.63) is 0 Å². The molecule has 0 saturated carbocycles. The Morgan fingerprint density at radius 3 is 1.71 bits per heavy atom. The second-order valence-corrected chi connectivity index (χ2v) is 3.93. The first-order valence-corrected chi connectivity index (χ1v) is 5.37. The summed E-state index contributed by atoms with van der Waals surface area (Å²) in [6.45, 7) is 5.56. The smallest absolute Gasteiger partial charge is 0.549 e. The molecule has 0 bridgehead atoms. The molecule has 0 aromatic rings. The van der Waals surface area contributed by atoms with Gasteiger partial charge in [0.2, 0.25) is 0 Å². The summed E-state index contributed by atoms with van der Waals surface area (Å²) < 4.78 is 0. The van der Waals surface area contributed by atoms with Gasteiger partial charge in [-0.2, -0.15) is 0 Å². The van der Waals surface area contributed by atoms with E-state index in [9.17, 15) is 19.8 Å². The van der Waals surface area contributed by atoms with E-state index in [0.717, 1.165) is 19.3 Å². The molecule has 88 valence electrons. The first kappa shape index (κ1) is 24.2. The van der Waals surface area contributed by atoms with E-state index in [1.807, 2.05) is 13.8 Å². The van der Waals surface area contributed by atoms with Crippen LogP contribution >= 0.6 is 0 Å². The van der Waals surface area contributed by atoms with Crippen LogP contribution in [0.3, 0.4) is 0 Å². The van der Waals surface area contributed by atoms with E-state index in [1.165, 1.54) is 0 Å². The maximum atomic E-state index is 10.7. The molecule has 0 heterocycles. The molecular weight excluding hydrogens is 274 g/mol. The molecule has 0 aliphatic carbocycles. The van der Waals surface area contributed by atoms with Crippen molar-refractivity contribution in [2.24, 2.45) is 17.8 Å². The number of carbonyl (C=O) groups is 2. The van der Waals surface area contributed by atoms with Gasteiger partial charge in [0.05, 0.1) is 11.9 Å². The van der Waals surface area contributed by atoms with Crippen molar-refractivity contribution in [1.29, 1.82) is 0 Å². The molecule has 0 aliphatic rings. The normalized spacial score (nSPS) is 13.2. The number of rotatable bonds is 7. The summed E-state index contributed by atoms with van der Waals surface area (Å²) in [5.41, 5.74) is 0. The van der Waals surface area contributed by atoms with Gasteiger partial charge in [0, 0.05) is 5.92 Å². The van der Waals surface area contributed by atoms with Crippen molar-refractivity contribution < 1.29 is 123 Å². The van der Waals surface area contributed by atoms with Gasteiger partial charge >= 0.3 is 103 Å². The Balaban J connectivity index is -0.000000980. The van der Waals surface area contributed by atoms with E-state index in [1.54, 1.807) is 6.92 Å². The third kappa shape index (κ3) is 8.88. The van der Waals surface area contributed by atoms with Crippen LogP contribution in [0.4, 0.5) is 0 Å².